The zero-order valence-corrected chi connectivity index (χ0v) is 18.2. The summed E-state index contributed by atoms with van der Waals surface area (Å²) in [4.78, 5) is 6.18. The van der Waals surface area contributed by atoms with Crippen LogP contribution in [0.15, 0.2) is 35.3 Å². The van der Waals surface area contributed by atoms with E-state index in [-0.39, 0.29) is 6.04 Å². The van der Waals surface area contributed by atoms with Crippen LogP contribution in [-0.2, 0) is 6.54 Å². The van der Waals surface area contributed by atoms with Crippen molar-refractivity contribution >= 4 is 11.6 Å². The lowest BCUT2D eigenvalue weighted by Gasteiger charge is -2.21. The molecule has 1 aliphatic heterocycles. The van der Waals surface area contributed by atoms with Crippen molar-refractivity contribution in [2.75, 3.05) is 46.4 Å². The molecule has 0 aromatic heterocycles. The first-order valence-corrected chi connectivity index (χ1v) is 9.95. The van der Waals surface area contributed by atoms with Crippen molar-refractivity contribution in [1.29, 1.82) is 0 Å². The summed E-state index contributed by atoms with van der Waals surface area (Å²) in [6, 6.07) is 7.48. The zero-order valence-electron chi connectivity index (χ0n) is 18.2. The van der Waals surface area contributed by atoms with Crippen molar-refractivity contribution in [3.63, 3.8) is 0 Å². The van der Waals surface area contributed by atoms with Gasteiger partial charge in [-0.05, 0) is 36.2 Å². The summed E-state index contributed by atoms with van der Waals surface area (Å²) in [5.74, 6) is 1.19. The SMILES string of the molecule is CN=C(NCc1cc(OC)c(OC)c(OC)c1)NC1CCN(c2ccc(F)cc2F)C1. The molecule has 1 unspecified atom stereocenters. The maximum absolute atomic E-state index is 14.1. The summed E-state index contributed by atoms with van der Waals surface area (Å²) < 4.78 is 43.4. The van der Waals surface area contributed by atoms with Crippen LogP contribution in [0.2, 0.25) is 0 Å². The van der Waals surface area contributed by atoms with E-state index in [0.717, 1.165) is 18.1 Å². The number of rotatable bonds is 7. The minimum absolute atomic E-state index is 0.0793. The van der Waals surface area contributed by atoms with Gasteiger partial charge in [-0.3, -0.25) is 4.99 Å². The Hall–Kier alpha value is -3.23. The molecular formula is C22H28F2N4O3. The molecule has 31 heavy (non-hydrogen) atoms. The molecule has 168 valence electrons. The Morgan fingerprint density at radius 2 is 1.81 bits per heavy atom. The topological polar surface area (TPSA) is 67.4 Å². The molecule has 7 nitrogen and oxygen atoms in total. The van der Waals surface area contributed by atoms with E-state index in [4.69, 9.17) is 14.2 Å². The molecule has 1 atom stereocenters. The Balaban J connectivity index is 1.60. The molecular weight excluding hydrogens is 406 g/mol. The number of methoxy groups -OCH3 is 3. The number of hydrogen-bond acceptors (Lipinski definition) is 5. The van der Waals surface area contributed by atoms with Crippen LogP contribution in [0.1, 0.15) is 12.0 Å². The highest BCUT2D eigenvalue weighted by molar-refractivity contribution is 5.80. The van der Waals surface area contributed by atoms with Crippen molar-refractivity contribution in [2.45, 2.75) is 19.0 Å². The van der Waals surface area contributed by atoms with E-state index < -0.39 is 11.6 Å². The summed E-state index contributed by atoms with van der Waals surface area (Å²) in [6.07, 6.45) is 0.807. The maximum atomic E-state index is 14.1. The second-order valence-corrected chi connectivity index (χ2v) is 7.13. The average Bonchev–Trinajstić information content (AvgIpc) is 3.23. The van der Waals surface area contributed by atoms with Gasteiger partial charge in [-0.25, -0.2) is 8.78 Å². The lowest BCUT2D eigenvalue weighted by atomic mass is 10.2. The van der Waals surface area contributed by atoms with Crippen molar-refractivity contribution in [3.05, 3.63) is 47.5 Å². The van der Waals surface area contributed by atoms with Crippen LogP contribution in [0.3, 0.4) is 0 Å². The molecule has 0 saturated carbocycles. The Labute approximate surface area is 181 Å². The van der Waals surface area contributed by atoms with Gasteiger partial charge in [-0.2, -0.15) is 0 Å². The monoisotopic (exact) mass is 434 g/mol. The van der Waals surface area contributed by atoms with E-state index in [1.807, 2.05) is 17.0 Å². The highest BCUT2D eigenvalue weighted by Gasteiger charge is 2.25. The molecule has 3 rings (SSSR count). The highest BCUT2D eigenvalue weighted by Crippen LogP contribution is 2.38. The number of guanidine groups is 1. The first kappa shape index (κ1) is 22.5. The van der Waals surface area contributed by atoms with Gasteiger partial charge in [0.25, 0.3) is 0 Å². The maximum Gasteiger partial charge on any atom is 0.203 e. The molecule has 2 N–H and O–H groups in total. The standard InChI is InChI=1S/C22H28F2N4O3/c1-25-22(26-12-14-9-19(29-2)21(31-4)20(10-14)30-3)27-16-7-8-28(13-16)18-6-5-15(23)11-17(18)24/h5-6,9-11,16H,7-8,12-13H2,1-4H3,(H2,25,26,27). The molecule has 0 aliphatic carbocycles. The fraction of sp³-hybridized carbons (Fsp3) is 0.409. The number of ether oxygens (including phenoxy) is 3. The van der Waals surface area contributed by atoms with E-state index in [2.05, 4.69) is 15.6 Å². The Bertz CT molecular complexity index is 914. The molecule has 0 amide bonds. The summed E-state index contributed by atoms with van der Waals surface area (Å²) in [6.45, 7) is 1.75. The van der Waals surface area contributed by atoms with Crippen LogP contribution < -0.4 is 29.7 Å². The Morgan fingerprint density at radius 3 is 2.39 bits per heavy atom. The number of halogens is 2. The van der Waals surface area contributed by atoms with Crippen molar-refractivity contribution in [3.8, 4) is 17.2 Å². The van der Waals surface area contributed by atoms with Crippen LogP contribution in [0, 0.1) is 11.6 Å². The third kappa shape index (κ3) is 5.28. The minimum Gasteiger partial charge on any atom is -0.493 e. The normalized spacial score (nSPS) is 16.3. The zero-order chi connectivity index (χ0) is 22.4. The Kier molecular flexibility index (Phi) is 7.38. The molecule has 1 fully saturated rings. The Morgan fingerprint density at radius 1 is 1.10 bits per heavy atom. The number of anilines is 1. The van der Waals surface area contributed by atoms with E-state index in [9.17, 15) is 8.78 Å². The van der Waals surface area contributed by atoms with Gasteiger partial charge in [0, 0.05) is 38.8 Å². The molecule has 0 bridgehead atoms. The molecule has 1 aliphatic rings. The van der Waals surface area contributed by atoms with Gasteiger partial charge in [0.1, 0.15) is 11.6 Å². The first-order valence-electron chi connectivity index (χ1n) is 9.95. The molecule has 1 saturated heterocycles. The second-order valence-electron chi connectivity index (χ2n) is 7.13. The summed E-state index contributed by atoms with van der Waals surface area (Å²) in [7, 11) is 6.40. The predicted molar refractivity (Wildman–Crippen MR) is 116 cm³/mol. The first-order chi connectivity index (χ1) is 15.0. The van der Waals surface area contributed by atoms with Gasteiger partial charge in [-0.1, -0.05) is 0 Å². The third-order valence-corrected chi connectivity index (χ3v) is 5.19. The van der Waals surface area contributed by atoms with Crippen molar-refractivity contribution in [2.24, 2.45) is 4.99 Å². The van der Waals surface area contributed by atoms with Gasteiger partial charge in [0.2, 0.25) is 5.75 Å². The van der Waals surface area contributed by atoms with Crippen LogP contribution in [0.4, 0.5) is 14.5 Å². The number of aliphatic imine (C=N–C) groups is 1. The van der Waals surface area contributed by atoms with E-state index in [1.165, 1.54) is 12.1 Å². The highest BCUT2D eigenvalue weighted by atomic mass is 19.1. The molecule has 2 aromatic rings. The quantitative estimate of drug-likeness (QED) is 0.516. The van der Waals surface area contributed by atoms with Crippen LogP contribution in [0.5, 0.6) is 17.2 Å². The summed E-state index contributed by atoms with van der Waals surface area (Å²) >= 11 is 0. The molecule has 9 heteroatoms. The van der Waals surface area contributed by atoms with Gasteiger partial charge in [-0.15, -0.1) is 0 Å². The fourth-order valence-electron chi connectivity index (χ4n) is 3.65. The number of hydrogen-bond donors (Lipinski definition) is 2. The van der Waals surface area contributed by atoms with E-state index in [1.54, 1.807) is 28.4 Å². The fourth-order valence-corrected chi connectivity index (χ4v) is 3.65. The molecule has 2 aromatic carbocycles. The second kappa shape index (κ2) is 10.2. The van der Waals surface area contributed by atoms with Crippen LogP contribution >= 0.6 is 0 Å². The van der Waals surface area contributed by atoms with Gasteiger partial charge >= 0.3 is 0 Å². The third-order valence-electron chi connectivity index (χ3n) is 5.19. The van der Waals surface area contributed by atoms with Crippen LogP contribution in [-0.4, -0.2) is 53.5 Å². The van der Waals surface area contributed by atoms with Crippen LogP contribution in [0.25, 0.3) is 0 Å². The lowest BCUT2D eigenvalue weighted by molar-refractivity contribution is 0.323. The smallest absolute Gasteiger partial charge is 0.203 e. The minimum atomic E-state index is -0.577. The molecule has 1 heterocycles. The van der Waals surface area contributed by atoms with Crippen molar-refractivity contribution in [1.82, 2.24) is 10.6 Å². The van der Waals surface area contributed by atoms with E-state index >= 15 is 0 Å². The lowest BCUT2D eigenvalue weighted by Crippen LogP contribution is -2.44. The molecule has 0 spiro atoms. The number of nitrogens with one attached hydrogen (secondary N) is 2. The average molecular weight is 434 g/mol. The molecule has 0 radical (unpaired) electrons. The van der Waals surface area contributed by atoms with Gasteiger partial charge in [0.05, 0.1) is 27.0 Å². The summed E-state index contributed by atoms with van der Waals surface area (Å²) in [5, 5.41) is 6.63. The summed E-state index contributed by atoms with van der Waals surface area (Å²) in [5.41, 5.74) is 1.34. The largest absolute Gasteiger partial charge is 0.493 e. The van der Waals surface area contributed by atoms with Crippen molar-refractivity contribution < 1.29 is 23.0 Å². The van der Waals surface area contributed by atoms with Gasteiger partial charge in [0.15, 0.2) is 17.5 Å². The number of nitrogens with zero attached hydrogens (tertiary/aromatic N) is 2. The van der Waals surface area contributed by atoms with E-state index in [0.29, 0.717) is 48.5 Å². The number of benzene rings is 2. The predicted octanol–water partition coefficient (Wildman–Crippen LogP) is 2.93. The van der Waals surface area contributed by atoms with Gasteiger partial charge < -0.3 is 29.7 Å².